The van der Waals surface area contributed by atoms with Gasteiger partial charge in [0.2, 0.25) is 0 Å². The Hall–Kier alpha value is -2.51. The maximum atomic E-state index is 14.6. The molecule has 0 aliphatic carbocycles. The smallest absolute Gasteiger partial charge is 0.194 e. The van der Waals surface area contributed by atoms with Crippen molar-refractivity contribution in [1.29, 1.82) is 0 Å². The monoisotopic (exact) mass is 364 g/mol. The first-order valence-corrected chi connectivity index (χ1v) is 9.90. The van der Waals surface area contributed by atoms with Crippen molar-refractivity contribution in [3.63, 3.8) is 0 Å². The molecule has 0 bridgehead atoms. The summed E-state index contributed by atoms with van der Waals surface area (Å²) in [4.78, 5) is 13.3. The van der Waals surface area contributed by atoms with Crippen molar-refractivity contribution in [3.8, 4) is 11.1 Å². The molecular formula is C22H18FO2P. The lowest BCUT2D eigenvalue weighted by atomic mass is 9.91. The maximum absolute atomic E-state index is 14.6. The van der Waals surface area contributed by atoms with Crippen molar-refractivity contribution in [2.75, 3.05) is 0 Å². The third-order valence-electron chi connectivity index (χ3n) is 4.97. The van der Waals surface area contributed by atoms with Crippen molar-refractivity contribution >= 4 is 24.2 Å². The van der Waals surface area contributed by atoms with Gasteiger partial charge in [-0.2, -0.15) is 0 Å². The van der Waals surface area contributed by atoms with Crippen LogP contribution in [0.5, 0.6) is 0 Å². The molecule has 1 aliphatic heterocycles. The Morgan fingerprint density at radius 1 is 0.962 bits per heavy atom. The number of carbonyl (C=O) groups excluding carboxylic acids is 1. The molecule has 0 aromatic heterocycles. The molecule has 0 spiro atoms. The van der Waals surface area contributed by atoms with E-state index in [0.717, 1.165) is 16.7 Å². The number of aryl methyl sites for hydroxylation is 3. The van der Waals surface area contributed by atoms with Gasteiger partial charge in [-0.3, -0.25) is 4.79 Å². The highest BCUT2D eigenvalue weighted by Crippen LogP contribution is 2.40. The van der Waals surface area contributed by atoms with Crippen LogP contribution in [0.15, 0.2) is 48.5 Å². The molecule has 4 heteroatoms. The van der Waals surface area contributed by atoms with E-state index in [1.54, 1.807) is 24.3 Å². The van der Waals surface area contributed by atoms with Crippen LogP contribution in [0.3, 0.4) is 0 Å². The quantitative estimate of drug-likeness (QED) is 0.388. The number of carbonyl (C=O) groups is 1. The molecule has 3 aromatic rings. The Morgan fingerprint density at radius 2 is 1.62 bits per heavy atom. The van der Waals surface area contributed by atoms with Crippen molar-refractivity contribution in [1.82, 2.24) is 0 Å². The van der Waals surface area contributed by atoms with Crippen LogP contribution in [-0.4, -0.2) is 5.78 Å². The van der Waals surface area contributed by atoms with Gasteiger partial charge in [0.25, 0.3) is 0 Å². The fraction of sp³-hybridized carbons (Fsp3) is 0.136. The Morgan fingerprint density at radius 3 is 2.31 bits per heavy atom. The van der Waals surface area contributed by atoms with Crippen LogP contribution in [0.4, 0.5) is 4.39 Å². The topological polar surface area (TPSA) is 34.1 Å². The van der Waals surface area contributed by atoms with Crippen LogP contribution in [0, 0.1) is 26.6 Å². The number of fused-ring (bicyclic) bond motifs is 3. The largest absolute Gasteiger partial charge is 0.317 e. The van der Waals surface area contributed by atoms with Crippen LogP contribution >= 0.6 is 7.80 Å². The molecule has 1 atom stereocenters. The van der Waals surface area contributed by atoms with E-state index in [9.17, 15) is 13.8 Å². The summed E-state index contributed by atoms with van der Waals surface area (Å²) in [6, 6.07) is 13.8. The number of hydrogen-bond acceptors (Lipinski definition) is 2. The van der Waals surface area contributed by atoms with E-state index in [1.807, 2.05) is 32.9 Å². The molecule has 0 N–H and O–H groups in total. The van der Waals surface area contributed by atoms with Crippen LogP contribution in [-0.2, 0) is 4.57 Å². The predicted molar refractivity (Wildman–Crippen MR) is 104 cm³/mol. The summed E-state index contributed by atoms with van der Waals surface area (Å²) in [5.74, 6) is -0.625. The third-order valence-corrected chi connectivity index (χ3v) is 6.87. The second-order valence-electron chi connectivity index (χ2n) is 6.82. The number of halogens is 1. The number of ketones is 1. The first-order valence-electron chi connectivity index (χ1n) is 8.49. The van der Waals surface area contributed by atoms with Crippen LogP contribution in [0.25, 0.3) is 11.1 Å². The SMILES string of the molecule is Cc1cc(C)c(C(=O)c2ccc(F)c3c2[PH](=O)c2ccccc2-3)c(C)c1. The highest BCUT2D eigenvalue weighted by atomic mass is 31.1. The van der Waals surface area contributed by atoms with E-state index in [4.69, 9.17) is 0 Å². The van der Waals surface area contributed by atoms with Gasteiger partial charge in [0.1, 0.15) is 13.6 Å². The Labute approximate surface area is 152 Å². The predicted octanol–water partition coefficient (Wildman–Crippen LogP) is 4.47. The lowest BCUT2D eigenvalue weighted by molar-refractivity contribution is 0.103. The minimum absolute atomic E-state index is 0.192. The van der Waals surface area contributed by atoms with Crippen LogP contribution < -0.4 is 10.6 Å². The molecule has 0 saturated carbocycles. The molecule has 4 rings (SSSR count). The molecule has 2 nitrogen and oxygen atoms in total. The van der Waals surface area contributed by atoms with E-state index in [1.165, 1.54) is 12.1 Å². The maximum Gasteiger partial charge on any atom is 0.194 e. The van der Waals surface area contributed by atoms with Gasteiger partial charge in [-0.15, -0.1) is 0 Å². The molecule has 0 saturated heterocycles. The molecule has 0 radical (unpaired) electrons. The lowest BCUT2D eigenvalue weighted by Gasteiger charge is -2.13. The summed E-state index contributed by atoms with van der Waals surface area (Å²) < 4.78 is 27.7. The Kier molecular flexibility index (Phi) is 3.93. The van der Waals surface area contributed by atoms with E-state index >= 15 is 0 Å². The molecule has 0 amide bonds. The highest BCUT2D eigenvalue weighted by Gasteiger charge is 2.33. The molecule has 130 valence electrons. The van der Waals surface area contributed by atoms with Crippen LogP contribution in [0.1, 0.15) is 32.6 Å². The Balaban J connectivity index is 1.97. The normalized spacial score (nSPS) is 14.8. The van der Waals surface area contributed by atoms with Gasteiger partial charge >= 0.3 is 0 Å². The molecule has 1 unspecified atom stereocenters. The van der Waals surface area contributed by atoms with Gasteiger partial charge in [-0.05, 0) is 49.6 Å². The van der Waals surface area contributed by atoms with Gasteiger partial charge in [0.05, 0.1) is 0 Å². The number of benzene rings is 3. The molecular weight excluding hydrogens is 346 g/mol. The lowest BCUT2D eigenvalue weighted by Crippen LogP contribution is -2.17. The second-order valence-corrected chi connectivity index (χ2v) is 8.52. The zero-order valence-electron chi connectivity index (χ0n) is 14.8. The number of hydrogen-bond donors (Lipinski definition) is 0. The van der Waals surface area contributed by atoms with Crippen molar-refractivity contribution in [2.24, 2.45) is 0 Å². The van der Waals surface area contributed by atoms with Crippen molar-refractivity contribution in [3.05, 3.63) is 82.2 Å². The summed E-state index contributed by atoms with van der Waals surface area (Å²) in [6.07, 6.45) is 0. The molecule has 26 heavy (non-hydrogen) atoms. The molecule has 1 heterocycles. The van der Waals surface area contributed by atoms with Gasteiger partial charge in [0.15, 0.2) is 5.78 Å². The van der Waals surface area contributed by atoms with Crippen molar-refractivity contribution < 1.29 is 13.8 Å². The highest BCUT2D eigenvalue weighted by molar-refractivity contribution is 7.63. The van der Waals surface area contributed by atoms with Crippen LogP contribution in [0.2, 0.25) is 0 Å². The first kappa shape index (κ1) is 16.9. The standard InChI is InChI=1S/C22H18FO2P/c1-12-10-13(2)19(14(3)11-12)21(24)16-8-9-17(23)20-15-6-4-5-7-18(15)26(25)22(16)20/h4-11,26H,1-3H3. The van der Waals surface area contributed by atoms with Crippen molar-refractivity contribution in [2.45, 2.75) is 20.8 Å². The minimum atomic E-state index is -2.42. The van der Waals surface area contributed by atoms with Gasteiger partial charge in [-0.1, -0.05) is 42.0 Å². The summed E-state index contributed by atoms with van der Waals surface area (Å²) in [5.41, 5.74) is 4.74. The molecule has 3 aromatic carbocycles. The average Bonchev–Trinajstić information content (AvgIpc) is 2.89. The fourth-order valence-corrected chi connectivity index (χ4v) is 5.86. The zero-order valence-corrected chi connectivity index (χ0v) is 15.8. The van der Waals surface area contributed by atoms with E-state index in [2.05, 4.69) is 0 Å². The zero-order chi connectivity index (χ0) is 18.6. The summed E-state index contributed by atoms with van der Waals surface area (Å²) in [7, 11) is -2.42. The summed E-state index contributed by atoms with van der Waals surface area (Å²) >= 11 is 0. The van der Waals surface area contributed by atoms with E-state index in [-0.39, 0.29) is 5.78 Å². The third kappa shape index (κ3) is 2.39. The van der Waals surface area contributed by atoms with Gasteiger partial charge in [0, 0.05) is 27.3 Å². The van der Waals surface area contributed by atoms with Gasteiger partial charge in [-0.25, -0.2) is 4.39 Å². The Bertz CT molecular complexity index is 1090. The summed E-state index contributed by atoms with van der Waals surface area (Å²) in [6.45, 7) is 5.78. The molecule has 0 fully saturated rings. The summed E-state index contributed by atoms with van der Waals surface area (Å²) in [5, 5.41) is 0.990. The minimum Gasteiger partial charge on any atom is -0.317 e. The second kappa shape index (κ2) is 6.03. The number of rotatable bonds is 2. The first-order chi connectivity index (χ1) is 12.4. The fourth-order valence-electron chi connectivity index (χ4n) is 3.97. The molecule has 1 aliphatic rings. The van der Waals surface area contributed by atoms with E-state index < -0.39 is 13.6 Å². The van der Waals surface area contributed by atoms with Gasteiger partial charge < -0.3 is 4.57 Å². The average molecular weight is 364 g/mol. The van der Waals surface area contributed by atoms with E-state index in [0.29, 0.717) is 32.9 Å².